The van der Waals surface area contributed by atoms with Crippen LogP contribution in [-0.4, -0.2) is 172 Å². The standard InChI is InChI=1S/C68H75F2N13O8S/c1-5-52-56(69)14-10-45-29-50(84)31-54(59(45)52)61-60(70)62-55(33-71-61)63(80-36-47-11-12-48(37-80)72-47)76-65(75-62)91-39-68-21-15-49(83(68)35-41(3)32-68)38-90-67(87)73-46-18-24-81(25-19-46)92(88,89)51-8-6-7-42(28-51)27-40(2)34-79-22-16-43(17-23-79)44-9-13-53-57(30-44)78(4)77-64(53)82-26-20-58(85)74-66(82)86/h1,6-10,13-14,28-31,33,40,43,46-49,72,84H,3,11-12,15-27,32,34-39H2,2,4H3,(H,73,87)(H,74,85,86)/t40?,47-,48+,49-,68-/m0/s1. The molecule has 5 atom stereocenters. The number of pyridine rings is 1. The molecule has 0 saturated carbocycles. The number of imide groups is 1. The monoisotopic (exact) mass is 1270 g/mol. The molecule has 0 aliphatic carbocycles. The topological polar surface area (TPSA) is 233 Å². The van der Waals surface area contributed by atoms with Gasteiger partial charge in [-0.15, -0.1) is 6.42 Å². The minimum Gasteiger partial charge on any atom is -0.508 e. The Bertz CT molecular complexity index is 4270. The number of hydrogen-bond acceptors (Lipinski definition) is 16. The molecule has 14 rings (SSSR count). The van der Waals surface area contributed by atoms with Gasteiger partial charge in [-0.25, -0.2) is 26.8 Å². The Morgan fingerprint density at radius 2 is 1.74 bits per heavy atom. The van der Waals surface area contributed by atoms with Crippen molar-refractivity contribution in [3.63, 3.8) is 0 Å². The van der Waals surface area contributed by atoms with Gasteiger partial charge in [-0.05, 0) is 148 Å². The summed E-state index contributed by atoms with van der Waals surface area (Å²) in [5.74, 6) is 2.17. The van der Waals surface area contributed by atoms with Crippen LogP contribution in [0.1, 0.15) is 93.7 Å². The number of alkyl carbamates (subject to hydrolysis) is 1. The molecule has 7 fully saturated rings. The van der Waals surface area contributed by atoms with Crippen LogP contribution in [0.5, 0.6) is 11.8 Å². The van der Waals surface area contributed by atoms with Crippen LogP contribution >= 0.6 is 0 Å². The lowest BCUT2D eigenvalue weighted by Gasteiger charge is -2.35. The molecule has 480 valence electrons. The number of anilines is 2. The van der Waals surface area contributed by atoms with E-state index in [9.17, 15) is 27.9 Å². The zero-order valence-electron chi connectivity index (χ0n) is 51.7. The van der Waals surface area contributed by atoms with Gasteiger partial charge in [0.1, 0.15) is 41.8 Å². The van der Waals surface area contributed by atoms with E-state index < -0.39 is 39.3 Å². The molecule has 92 heavy (non-hydrogen) atoms. The summed E-state index contributed by atoms with van der Waals surface area (Å²) in [4.78, 5) is 60.8. The SMILES string of the molecule is C#Cc1c(F)ccc2cc(O)cc(-c3ncc4c(N5C[C@H]6CC[C@@H](C5)N6)nc(OC[C@@]56CC[C@@H](COC(=O)NC7CCN(S(=O)(=O)c8cccc(CC(C)CN9CCC(c%10ccc%11c(N%12CCC(=O)NC%12=O)nn(C)c%11c%10)CC9)c8)CC7)N5CC(=C)C6)nc4c3F)c12. The Balaban J connectivity index is 0.569. The lowest BCUT2D eigenvalue weighted by Crippen LogP contribution is -2.51. The van der Waals surface area contributed by atoms with E-state index in [1.54, 1.807) is 16.8 Å². The number of hydrogen-bond donors (Lipinski definition) is 4. The van der Waals surface area contributed by atoms with Gasteiger partial charge in [-0.3, -0.25) is 29.6 Å². The number of aryl methyl sites for hydroxylation is 1. The van der Waals surface area contributed by atoms with Crippen LogP contribution in [0, 0.1) is 29.9 Å². The summed E-state index contributed by atoms with van der Waals surface area (Å²) < 4.78 is 76.6. The predicted octanol–water partition coefficient (Wildman–Crippen LogP) is 8.26. The van der Waals surface area contributed by atoms with Gasteiger partial charge in [0.15, 0.2) is 11.6 Å². The molecule has 4 N–H and O–H groups in total. The second kappa shape index (κ2) is 24.6. The van der Waals surface area contributed by atoms with Crippen molar-refractivity contribution in [2.45, 2.75) is 118 Å². The van der Waals surface area contributed by atoms with Gasteiger partial charge < -0.3 is 35.0 Å². The van der Waals surface area contributed by atoms with Crippen molar-refractivity contribution in [2.75, 3.05) is 81.9 Å². The number of fused-ring (bicyclic) bond motifs is 6. The maximum atomic E-state index is 17.4. The van der Waals surface area contributed by atoms with Crippen molar-refractivity contribution in [3.05, 3.63) is 113 Å². The van der Waals surface area contributed by atoms with E-state index in [1.807, 2.05) is 25.2 Å². The lowest BCUT2D eigenvalue weighted by molar-refractivity contribution is -0.120. The average molecular weight is 1270 g/mol. The normalized spacial score (nSPS) is 23.2. The molecular formula is C68H75F2N13O8S. The first-order chi connectivity index (χ1) is 44.4. The maximum Gasteiger partial charge on any atom is 0.407 e. The van der Waals surface area contributed by atoms with Crippen LogP contribution in [-0.2, 0) is 33.0 Å². The molecular weight excluding hydrogens is 1200 g/mol. The van der Waals surface area contributed by atoms with Gasteiger partial charge in [0, 0.05) is 106 Å². The van der Waals surface area contributed by atoms with Gasteiger partial charge >= 0.3 is 18.1 Å². The number of phenols is 1. The minimum atomic E-state index is -3.80. The summed E-state index contributed by atoms with van der Waals surface area (Å²) >= 11 is 0. The fourth-order valence-electron chi connectivity index (χ4n) is 15.6. The Morgan fingerprint density at radius 1 is 0.946 bits per heavy atom. The number of benzene rings is 4. The highest BCUT2D eigenvalue weighted by atomic mass is 32.2. The number of rotatable bonds is 16. The van der Waals surface area contributed by atoms with Gasteiger partial charge in [0.05, 0.1) is 26.9 Å². The highest BCUT2D eigenvalue weighted by Gasteiger charge is 2.52. The highest BCUT2D eigenvalue weighted by Crippen LogP contribution is 2.46. The average Bonchev–Trinajstić information content (AvgIpc) is 0.770. The van der Waals surface area contributed by atoms with Crippen LogP contribution in [0.2, 0.25) is 0 Å². The minimum absolute atomic E-state index is 0.0300. The van der Waals surface area contributed by atoms with Crippen molar-refractivity contribution in [2.24, 2.45) is 13.0 Å². The van der Waals surface area contributed by atoms with Gasteiger partial charge in [-0.1, -0.05) is 49.3 Å². The molecule has 4 aromatic carbocycles. The molecule has 21 nitrogen and oxygen atoms in total. The van der Waals surface area contributed by atoms with E-state index in [2.05, 4.69) is 72.3 Å². The fourth-order valence-corrected chi connectivity index (χ4v) is 17.2. The van der Waals surface area contributed by atoms with Crippen molar-refractivity contribution in [1.82, 2.24) is 54.8 Å². The van der Waals surface area contributed by atoms with Crippen LogP contribution in [0.3, 0.4) is 0 Å². The summed E-state index contributed by atoms with van der Waals surface area (Å²) in [5.41, 5.74) is 3.43. The molecule has 0 spiro atoms. The summed E-state index contributed by atoms with van der Waals surface area (Å²) in [7, 11) is -1.93. The van der Waals surface area contributed by atoms with E-state index in [0.717, 1.165) is 73.8 Å². The molecule has 7 aliphatic rings. The Labute approximate surface area is 532 Å². The number of piperidine rings is 2. The number of amides is 4. The van der Waals surface area contributed by atoms with Crippen LogP contribution in [0.15, 0.2) is 90.0 Å². The molecule has 1 unspecified atom stereocenters. The predicted molar refractivity (Wildman–Crippen MR) is 344 cm³/mol. The van der Waals surface area contributed by atoms with Gasteiger partial charge in [0.2, 0.25) is 15.9 Å². The number of carbonyl (C=O) groups is 3. The van der Waals surface area contributed by atoms with Crippen LogP contribution < -0.4 is 30.5 Å². The van der Waals surface area contributed by atoms with Crippen molar-refractivity contribution in [3.8, 4) is 35.4 Å². The van der Waals surface area contributed by atoms with Crippen molar-refractivity contribution in [1.29, 1.82) is 0 Å². The molecule has 4 amide bonds. The number of carbonyl (C=O) groups excluding carboxylic acids is 3. The van der Waals surface area contributed by atoms with Crippen molar-refractivity contribution < 1.29 is 46.2 Å². The summed E-state index contributed by atoms with van der Waals surface area (Å²) in [5, 5.41) is 26.4. The second-order valence-electron chi connectivity index (χ2n) is 26.4. The van der Waals surface area contributed by atoms with E-state index in [-0.39, 0.29) is 113 Å². The first kappa shape index (κ1) is 61.2. The zero-order valence-corrected chi connectivity index (χ0v) is 52.5. The number of phenolic OH excluding ortho intramolecular Hbond substituents is 1. The smallest absolute Gasteiger partial charge is 0.407 e. The third-order valence-corrected chi connectivity index (χ3v) is 22.0. The maximum absolute atomic E-state index is 17.4. The zero-order chi connectivity index (χ0) is 63.7. The molecule has 10 heterocycles. The number of halogens is 2. The number of aromatic hydroxyl groups is 1. The number of piperazine rings is 1. The van der Waals surface area contributed by atoms with E-state index in [0.29, 0.717) is 86.6 Å². The molecule has 24 heteroatoms. The number of nitrogens with zero attached hydrogens (tertiary/aromatic N) is 10. The molecule has 7 aromatic rings. The van der Waals surface area contributed by atoms with Crippen molar-refractivity contribution >= 4 is 72.3 Å². The third kappa shape index (κ3) is 11.7. The molecule has 2 bridgehead atoms. The summed E-state index contributed by atoms with van der Waals surface area (Å²) in [6, 6.07) is 18.6. The van der Waals surface area contributed by atoms with E-state index in [1.165, 1.54) is 45.2 Å². The Kier molecular flexibility index (Phi) is 16.4. The molecule has 7 saturated heterocycles. The Morgan fingerprint density at radius 3 is 2.51 bits per heavy atom. The molecule has 3 aromatic heterocycles. The van der Waals surface area contributed by atoms with Crippen LogP contribution in [0.4, 0.5) is 30.0 Å². The molecule has 0 radical (unpaired) electrons. The number of likely N-dealkylation sites (tertiary alicyclic amines) is 1. The number of aromatic nitrogens is 5. The number of ether oxygens (including phenoxy) is 2. The van der Waals surface area contributed by atoms with Crippen LogP contribution in [0.25, 0.3) is 43.8 Å². The first-order valence-corrected chi connectivity index (χ1v) is 33.5. The summed E-state index contributed by atoms with van der Waals surface area (Å²) in [6.07, 6.45) is 14.6. The number of urea groups is 1. The number of nitrogens with one attached hydrogen (secondary N) is 3. The van der Waals surface area contributed by atoms with Gasteiger partial charge in [-0.2, -0.15) is 19.4 Å². The third-order valence-electron chi connectivity index (χ3n) is 20.1. The quantitative estimate of drug-likeness (QED) is 0.0527. The van der Waals surface area contributed by atoms with Gasteiger partial charge in [0.25, 0.3) is 0 Å². The summed E-state index contributed by atoms with van der Waals surface area (Å²) in [6.45, 7) is 12.2. The Hall–Kier alpha value is -8.34. The number of terminal acetylenes is 1. The van der Waals surface area contributed by atoms with E-state index in [4.69, 9.17) is 25.9 Å². The highest BCUT2D eigenvalue weighted by molar-refractivity contribution is 7.89. The largest absolute Gasteiger partial charge is 0.508 e. The second-order valence-corrected chi connectivity index (χ2v) is 28.3. The fraction of sp³-hybridized carbons (Fsp3) is 0.456. The van der Waals surface area contributed by atoms with E-state index >= 15 is 8.78 Å². The molecule has 7 aliphatic heterocycles. The first-order valence-electron chi connectivity index (χ1n) is 32.1. The lowest BCUT2D eigenvalue weighted by atomic mass is 9.88. The number of sulfonamides is 1.